The third-order valence-corrected chi connectivity index (χ3v) is 8.09. The Kier molecular flexibility index (Phi) is 13.3. The van der Waals surface area contributed by atoms with E-state index in [9.17, 15) is 0 Å². The van der Waals surface area contributed by atoms with Crippen LogP contribution in [0, 0.1) is 0 Å². The first kappa shape index (κ1) is 34.8. The van der Waals surface area contributed by atoms with Crippen LogP contribution in [0.5, 0.6) is 0 Å². The van der Waals surface area contributed by atoms with Crippen molar-refractivity contribution in [2.45, 2.75) is 67.2 Å². The molecule has 0 saturated carbocycles. The molecule has 0 aromatic heterocycles. The first-order valence-electron chi connectivity index (χ1n) is 15.1. The lowest BCUT2D eigenvalue weighted by Gasteiger charge is -2.46. The molecule has 7 nitrogen and oxygen atoms in total. The second kappa shape index (κ2) is 17.6. The number of benzene rings is 4. The van der Waals surface area contributed by atoms with E-state index in [-0.39, 0.29) is 19.8 Å². The highest BCUT2D eigenvalue weighted by molar-refractivity contribution is 6.68. The van der Waals surface area contributed by atoms with Crippen LogP contribution >= 0.6 is 34.8 Å². The van der Waals surface area contributed by atoms with Crippen LogP contribution in [-0.2, 0) is 54.8 Å². The maximum Gasteiger partial charge on any atom is 0.229 e. The number of hydrogen-bond donors (Lipinski definition) is 1. The molecule has 1 aliphatic rings. The average Bonchev–Trinajstić information content (AvgIpc) is 3.07. The van der Waals surface area contributed by atoms with Crippen LogP contribution < -0.4 is 5.73 Å². The van der Waals surface area contributed by atoms with Crippen LogP contribution in [0.2, 0.25) is 0 Å². The zero-order chi connectivity index (χ0) is 32.2. The van der Waals surface area contributed by atoms with E-state index < -0.39 is 40.7 Å². The van der Waals surface area contributed by atoms with E-state index in [4.69, 9.17) is 69.0 Å². The molecule has 244 valence electrons. The van der Waals surface area contributed by atoms with Gasteiger partial charge < -0.3 is 34.2 Å². The predicted octanol–water partition coefficient (Wildman–Crippen LogP) is 7.36. The normalized spacial score (nSPS) is 22.4. The van der Waals surface area contributed by atoms with Gasteiger partial charge in [0.1, 0.15) is 24.4 Å². The third kappa shape index (κ3) is 10.5. The smallest absolute Gasteiger partial charge is 0.229 e. The topological polar surface area (TPSA) is 81.4 Å². The standard InChI is InChI=1S/C36H38Cl3NO6/c37-36(38,39)35(40)46-34-33(44-24-29-19-11-4-12-20-29)32(43-23-28-17-9-3-10-18-28)31(42-22-27-15-7-2-8-16-27)30(45-34)25-41-21-26-13-5-1-6-14-26/h1-20,30-35H,21-25,40H2/t30?,31-,32+,33+,34?,35?/m1/s1. The minimum absolute atomic E-state index is 0.161. The Labute approximate surface area is 285 Å². The summed E-state index contributed by atoms with van der Waals surface area (Å²) >= 11 is 18.4. The molecule has 2 N–H and O–H groups in total. The molecule has 0 aliphatic carbocycles. The van der Waals surface area contributed by atoms with Crippen LogP contribution in [0.1, 0.15) is 22.3 Å². The Morgan fingerprint density at radius 2 is 0.957 bits per heavy atom. The Bertz CT molecular complexity index is 1420. The van der Waals surface area contributed by atoms with Crippen molar-refractivity contribution in [1.29, 1.82) is 0 Å². The highest BCUT2D eigenvalue weighted by atomic mass is 35.6. The summed E-state index contributed by atoms with van der Waals surface area (Å²) in [5, 5.41) is 0. The Balaban J connectivity index is 1.46. The van der Waals surface area contributed by atoms with Gasteiger partial charge in [-0.15, -0.1) is 0 Å². The second-order valence-corrected chi connectivity index (χ2v) is 13.3. The summed E-state index contributed by atoms with van der Waals surface area (Å²) in [4.78, 5) is 0. The van der Waals surface area contributed by atoms with Crippen molar-refractivity contribution < 1.29 is 28.4 Å². The van der Waals surface area contributed by atoms with Crippen molar-refractivity contribution in [3.63, 3.8) is 0 Å². The van der Waals surface area contributed by atoms with Crippen LogP contribution in [-0.4, -0.2) is 47.3 Å². The zero-order valence-electron chi connectivity index (χ0n) is 25.2. The van der Waals surface area contributed by atoms with E-state index in [2.05, 4.69) is 0 Å². The van der Waals surface area contributed by atoms with E-state index >= 15 is 0 Å². The first-order chi connectivity index (χ1) is 22.4. The second-order valence-electron chi connectivity index (χ2n) is 10.9. The number of hydrogen-bond acceptors (Lipinski definition) is 7. The van der Waals surface area contributed by atoms with Crippen LogP contribution in [0.25, 0.3) is 0 Å². The highest BCUT2D eigenvalue weighted by Crippen LogP contribution is 2.35. The van der Waals surface area contributed by atoms with Gasteiger partial charge in [-0.1, -0.05) is 156 Å². The Hall–Kier alpha value is -2.53. The zero-order valence-corrected chi connectivity index (χ0v) is 27.5. The molecule has 3 unspecified atom stereocenters. The van der Waals surface area contributed by atoms with Crippen LogP contribution in [0.3, 0.4) is 0 Å². The lowest BCUT2D eigenvalue weighted by molar-refractivity contribution is -0.335. The summed E-state index contributed by atoms with van der Waals surface area (Å²) < 4.78 is 36.7. The minimum Gasteiger partial charge on any atom is -0.374 e. The molecular formula is C36H38Cl3NO6. The molecule has 6 atom stereocenters. The van der Waals surface area contributed by atoms with Crippen molar-refractivity contribution in [3.8, 4) is 0 Å². The quantitative estimate of drug-likeness (QED) is 0.103. The molecule has 0 spiro atoms. The summed E-state index contributed by atoms with van der Waals surface area (Å²) in [6.07, 6.45) is -5.22. The van der Waals surface area contributed by atoms with Gasteiger partial charge in [0.25, 0.3) is 0 Å². The lowest BCUT2D eigenvalue weighted by atomic mass is 9.97. The van der Waals surface area contributed by atoms with E-state index in [0.717, 1.165) is 22.3 Å². The van der Waals surface area contributed by atoms with Gasteiger partial charge in [-0.25, -0.2) is 0 Å². The average molecular weight is 687 g/mol. The highest BCUT2D eigenvalue weighted by Gasteiger charge is 2.50. The summed E-state index contributed by atoms with van der Waals surface area (Å²) in [6, 6.07) is 39.4. The van der Waals surface area contributed by atoms with E-state index in [0.29, 0.717) is 13.2 Å². The molecule has 1 fully saturated rings. The molecule has 1 heterocycles. The van der Waals surface area contributed by atoms with Gasteiger partial charge in [-0.3, -0.25) is 0 Å². The van der Waals surface area contributed by atoms with Gasteiger partial charge in [0.15, 0.2) is 12.5 Å². The number of rotatable bonds is 15. The first-order valence-corrected chi connectivity index (χ1v) is 16.2. The number of nitrogens with two attached hydrogens (primary N) is 1. The van der Waals surface area contributed by atoms with Gasteiger partial charge in [-0.2, -0.15) is 0 Å². The van der Waals surface area contributed by atoms with E-state index in [1.807, 2.05) is 121 Å². The number of halogens is 3. The Morgan fingerprint density at radius 3 is 1.39 bits per heavy atom. The Morgan fingerprint density at radius 1 is 0.565 bits per heavy atom. The molecule has 0 bridgehead atoms. The molecule has 5 rings (SSSR count). The van der Waals surface area contributed by atoms with Gasteiger partial charge in [0.05, 0.1) is 33.0 Å². The van der Waals surface area contributed by atoms with Gasteiger partial charge >= 0.3 is 0 Å². The van der Waals surface area contributed by atoms with E-state index in [1.54, 1.807) is 0 Å². The molecule has 4 aromatic carbocycles. The molecule has 1 aliphatic heterocycles. The van der Waals surface area contributed by atoms with Crippen molar-refractivity contribution in [3.05, 3.63) is 144 Å². The summed E-state index contributed by atoms with van der Waals surface area (Å²) in [5.74, 6) is 0. The van der Waals surface area contributed by atoms with Gasteiger partial charge in [0, 0.05) is 0 Å². The lowest BCUT2D eigenvalue weighted by Crippen LogP contribution is -2.63. The third-order valence-electron chi connectivity index (χ3n) is 7.44. The summed E-state index contributed by atoms with van der Waals surface area (Å²) in [5.41, 5.74) is 10.1. The maximum absolute atomic E-state index is 6.66. The fraction of sp³-hybridized carbons (Fsp3) is 0.333. The largest absolute Gasteiger partial charge is 0.374 e. The van der Waals surface area contributed by atoms with Crippen molar-refractivity contribution in [2.24, 2.45) is 5.73 Å². The minimum atomic E-state index is -1.92. The maximum atomic E-state index is 6.66. The fourth-order valence-electron chi connectivity index (χ4n) is 5.08. The molecular weight excluding hydrogens is 649 g/mol. The number of ether oxygens (including phenoxy) is 6. The van der Waals surface area contributed by atoms with Crippen molar-refractivity contribution in [2.75, 3.05) is 6.61 Å². The molecule has 1 saturated heterocycles. The van der Waals surface area contributed by atoms with E-state index in [1.165, 1.54) is 0 Å². The summed E-state index contributed by atoms with van der Waals surface area (Å²) in [7, 11) is 0. The SMILES string of the molecule is NC(OC1OC(COCc2ccccc2)[C@@H](OCc2ccccc2)[C@H](OCc2ccccc2)[C@@H]1OCc1ccccc1)C(Cl)(Cl)Cl. The molecule has 46 heavy (non-hydrogen) atoms. The van der Waals surface area contributed by atoms with Crippen molar-refractivity contribution in [1.82, 2.24) is 0 Å². The fourth-order valence-corrected chi connectivity index (χ4v) is 5.23. The number of alkyl halides is 3. The van der Waals surface area contributed by atoms with Crippen LogP contribution in [0.15, 0.2) is 121 Å². The van der Waals surface area contributed by atoms with Crippen molar-refractivity contribution >= 4 is 34.8 Å². The monoisotopic (exact) mass is 685 g/mol. The molecule has 10 heteroatoms. The summed E-state index contributed by atoms with van der Waals surface area (Å²) in [6.45, 7) is 1.36. The molecule has 0 radical (unpaired) electrons. The predicted molar refractivity (Wildman–Crippen MR) is 179 cm³/mol. The van der Waals surface area contributed by atoms with Crippen LogP contribution in [0.4, 0.5) is 0 Å². The molecule has 4 aromatic rings. The van der Waals surface area contributed by atoms with Gasteiger partial charge in [-0.05, 0) is 22.3 Å². The molecule has 0 amide bonds. The van der Waals surface area contributed by atoms with Gasteiger partial charge in [0.2, 0.25) is 3.79 Å².